The van der Waals surface area contributed by atoms with Gasteiger partial charge in [0.2, 0.25) is 0 Å². The summed E-state index contributed by atoms with van der Waals surface area (Å²) in [6, 6.07) is 5.92. The topological polar surface area (TPSA) is 29.3 Å². The van der Waals surface area contributed by atoms with Crippen molar-refractivity contribution in [1.82, 2.24) is 0 Å². The number of nitrogens with zero attached hydrogens (tertiary/aromatic N) is 1. The molecule has 0 bridgehead atoms. The number of rotatable bonds is 1. The van der Waals surface area contributed by atoms with E-state index in [1.54, 1.807) is 6.07 Å². The smallest absolute Gasteiger partial charge is 0.128 e. The number of anilines is 1. The molecule has 3 heteroatoms. The van der Waals surface area contributed by atoms with Gasteiger partial charge < -0.3 is 10.6 Å². The lowest BCUT2D eigenvalue weighted by Gasteiger charge is -2.36. The molecule has 0 saturated carbocycles. The molecule has 1 aromatic rings. The Balaban J connectivity index is 1.94. The summed E-state index contributed by atoms with van der Waals surface area (Å²) >= 11 is 0. The van der Waals surface area contributed by atoms with Gasteiger partial charge in [-0.2, -0.15) is 0 Å². The summed E-state index contributed by atoms with van der Waals surface area (Å²) < 4.78 is 13.7. The molecule has 1 fully saturated rings. The van der Waals surface area contributed by atoms with Gasteiger partial charge >= 0.3 is 0 Å². The first-order valence-electron chi connectivity index (χ1n) is 6.03. The Hall–Kier alpha value is -1.09. The van der Waals surface area contributed by atoms with Gasteiger partial charge in [-0.05, 0) is 43.9 Å². The molecule has 0 amide bonds. The van der Waals surface area contributed by atoms with E-state index in [9.17, 15) is 4.39 Å². The Labute approximate surface area is 95.2 Å². The molecule has 86 valence electrons. The monoisotopic (exact) mass is 220 g/mol. The van der Waals surface area contributed by atoms with Gasteiger partial charge in [0.1, 0.15) is 5.82 Å². The minimum Gasteiger partial charge on any atom is -0.368 e. The van der Waals surface area contributed by atoms with Crippen LogP contribution in [-0.2, 0) is 6.42 Å². The Bertz CT molecular complexity index is 405. The van der Waals surface area contributed by atoms with Crippen molar-refractivity contribution in [2.45, 2.75) is 25.3 Å². The van der Waals surface area contributed by atoms with E-state index in [0.717, 1.165) is 37.2 Å². The van der Waals surface area contributed by atoms with Crippen molar-refractivity contribution >= 4 is 5.69 Å². The van der Waals surface area contributed by atoms with E-state index in [1.165, 1.54) is 6.42 Å². The molecule has 2 N–H and O–H groups in total. The second kappa shape index (κ2) is 3.74. The number of benzene rings is 1. The van der Waals surface area contributed by atoms with Crippen LogP contribution >= 0.6 is 0 Å². The van der Waals surface area contributed by atoms with Crippen LogP contribution in [0.4, 0.5) is 10.1 Å². The second-order valence-corrected chi connectivity index (χ2v) is 4.93. The number of nitrogens with two attached hydrogens (primary N) is 1. The normalized spacial score (nSPS) is 27.8. The van der Waals surface area contributed by atoms with Gasteiger partial charge in [-0.1, -0.05) is 6.07 Å². The van der Waals surface area contributed by atoms with Crippen LogP contribution in [0.25, 0.3) is 0 Å². The standard InChI is InChI=1S/C13H17FN2/c14-12-2-1-3-13-11(12)6-10-5-4-9(7-15)8-16(10)13/h1-3,9-10H,4-8,15H2. The molecule has 2 heterocycles. The Morgan fingerprint density at radius 3 is 3.06 bits per heavy atom. The molecule has 2 aliphatic rings. The van der Waals surface area contributed by atoms with E-state index in [-0.39, 0.29) is 5.82 Å². The van der Waals surface area contributed by atoms with Crippen molar-refractivity contribution in [2.24, 2.45) is 11.7 Å². The van der Waals surface area contributed by atoms with Crippen LogP contribution in [0.3, 0.4) is 0 Å². The van der Waals surface area contributed by atoms with Crippen molar-refractivity contribution in [2.75, 3.05) is 18.0 Å². The van der Waals surface area contributed by atoms with Gasteiger partial charge in [0.05, 0.1) is 0 Å². The maximum atomic E-state index is 13.7. The van der Waals surface area contributed by atoms with E-state index in [2.05, 4.69) is 4.90 Å². The highest BCUT2D eigenvalue weighted by Gasteiger charge is 2.35. The van der Waals surface area contributed by atoms with Gasteiger partial charge in [0.15, 0.2) is 0 Å². The summed E-state index contributed by atoms with van der Waals surface area (Å²) in [6.07, 6.45) is 3.21. The SMILES string of the molecule is NCC1CCC2Cc3c(F)cccc3N2C1. The van der Waals surface area contributed by atoms with Crippen LogP contribution in [0.5, 0.6) is 0 Å². The lowest BCUT2D eigenvalue weighted by Crippen LogP contribution is -2.43. The summed E-state index contributed by atoms with van der Waals surface area (Å²) in [6.45, 7) is 1.74. The first-order chi connectivity index (χ1) is 7.79. The van der Waals surface area contributed by atoms with Gasteiger partial charge in [0, 0.05) is 23.8 Å². The van der Waals surface area contributed by atoms with Crippen LogP contribution < -0.4 is 10.6 Å². The predicted octanol–water partition coefficient (Wildman–Crippen LogP) is 1.93. The largest absolute Gasteiger partial charge is 0.368 e. The Morgan fingerprint density at radius 1 is 1.38 bits per heavy atom. The molecule has 16 heavy (non-hydrogen) atoms. The number of fused-ring (bicyclic) bond motifs is 3. The van der Waals surface area contributed by atoms with Gasteiger partial charge in [-0.25, -0.2) is 4.39 Å². The summed E-state index contributed by atoms with van der Waals surface area (Å²) in [7, 11) is 0. The fourth-order valence-electron chi connectivity index (χ4n) is 3.06. The average Bonchev–Trinajstić information content (AvgIpc) is 2.68. The molecule has 0 aliphatic carbocycles. The fraction of sp³-hybridized carbons (Fsp3) is 0.538. The lowest BCUT2D eigenvalue weighted by molar-refractivity contribution is 0.371. The highest BCUT2D eigenvalue weighted by molar-refractivity contribution is 5.60. The maximum absolute atomic E-state index is 13.7. The minimum absolute atomic E-state index is 0.0452. The van der Waals surface area contributed by atoms with Crippen LogP contribution in [0, 0.1) is 11.7 Å². The van der Waals surface area contributed by atoms with Crippen molar-refractivity contribution in [3.05, 3.63) is 29.6 Å². The molecule has 1 saturated heterocycles. The van der Waals surface area contributed by atoms with E-state index in [0.29, 0.717) is 12.0 Å². The average molecular weight is 220 g/mol. The highest BCUT2D eigenvalue weighted by atomic mass is 19.1. The second-order valence-electron chi connectivity index (χ2n) is 4.93. The van der Waals surface area contributed by atoms with Crippen LogP contribution in [-0.4, -0.2) is 19.1 Å². The zero-order valence-electron chi connectivity index (χ0n) is 9.32. The van der Waals surface area contributed by atoms with E-state index in [4.69, 9.17) is 5.73 Å². The quantitative estimate of drug-likeness (QED) is 0.783. The molecule has 3 rings (SSSR count). The lowest BCUT2D eigenvalue weighted by atomic mass is 9.93. The molecule has 2 unspecified atom stereocenters. The van der Waals surface area contributed by atoms with Crippen molar-refractivity contribution in [3.8, 4) is 0 Å². The minimum atomic E-state index is -0.0452. The molecule has 2 aliphatic heterocycles. The molecule has 0 spiro atoms. The van der Waals surface area contributed by atoms with Crippen LogP contribution in [0.2, 0.25) is 0 Å². The molecular weight excluding hydrogens is 203 g/mol. The predicted molar refractivity (Wildman–Crippen MR) is 63.0 cm³/mol. The summed E-state index contributed by atoms with van der Waals surface area (Å²) in [5.74, 6) is 0.529. The molecule has 2 atom stereocenters. The first-order valence-corrected chi connectivity index (χ1v) is 6.03. The van der Waals surface area contributed by atoms with Gasteiger partial charge in [-0.3, -0.25) is 0 Å². The molecular formula is C13H17FN2. The van der Waals surface area contributed by atoms with Crippen LogP contribution in [0.1, 0.15) is 18.4 Å². The summed E-state index contributed by atoms with van der Waals surface area (Å²) in [4.78, 5) is 2.36. The molecule has 2 nitrogen and oxygen atoms in total. The number of halogens is 1. The molecule has 1 aromatic carbocycles. The van der Waals surface area contributed by atoms with Gasteiger partial charge in [-0.15, -0.1) is 0 Å². The number of piperidine rings is 1. The summed E-state index contributed by atoms with van der Waals surface area (Å²) in [5.41, 5.74) is 7.74. The third-order valence-electron chi connectivity index (χ3n) is 3.98. The van der Waals surface area contributed by atoms with E-state index in [1.807, 2.05) is 12.1 Å². The zero-order chi connectivity index (χ0) is 11.1. The Kier molecular flexibility index (Phi) is 2.36. The Morgan fingerprint density at radius 2 is 2.25 bits per heavy atom. The van der Waals surface area contributed by atoms with Crippen molar-refractivity contribution in [3.63, 3.8) is 0 Å². The number of hydrogen-bond donors (Lipinski definition) is 1. The van der Waals surface area contributed by atoms with Crippen LogP contribution in [0.15, 0.2) is 18.2 Å². The third kappa shape index (κ3) is 1.42. The zero-order valence-corrected chi connectivity index (χ0v) is 9.32. The van der Waals surface area contributed by atoms with Gasteiger partial charge in [0.25, 0.3) is 0 Å². The van der Waals surface area contributed by atoms with Crippen molar-refractivity contribution in [1.29, 1.82) is 0 Å². The number of hydrogen-bond acceptors (Lipinski definition) is 2. The van der Waals surface area contributed by atoms with E-state index >= 15 is 0 Å². The van der Waals surface area contributed by atoms with Crippen molar-refractivity contribution < 1.29 is 4.39 Å². The molecule has 0 radical (unpaired) electrons. The first kappa shape index (κ1) is 10.1. The van der Waals surface area contributed by atoms with E-state index < -0.39 is 0 Å². The summed E-state index contributed by atoms with van der Waals surface area (Å²) in [5, 5.41) is 0. The molecule has 0 aromatic heterocycles. The fourth-order valence-corrected chi connectivity index (χ4v) is 3.06. The maximum Gasteiger partial charge on any atom is 0.128 e. The highest BCUT2D eigenvalue weighted by Crippen LogP contribution is 2.39. The third-order valence-corrected chi connectivity index (χ3v) is 3.98.